The van der Waals surface area contributed by atoms with Crippen LogP contribution >= 0.6 is 0 Å². The number of likely N-dealkylation sites (tertiary alicyclic amines) is 1. The minimum Gasteiger partial charge on any atom is -0.378 e. The fourth-order valence-corrected chi connectivity index (χ4v) is 2.87. The normalized spacial score (nSPS) is 20.5. The Morgan fingerprint density at radius 2 is 2.14 bits per heavy atom. The lowest BCUT2D eigenvalue weighted by Crippen LogP contribution is -2.47. The van der Waals surface area contributed by atoms with E-state index in [1.165, 1.54) is 12.8 Å². The summed E-state index contributed by atoms with van der Waals surface area (Å²) in [7, 11) is 3.81. The Morgan fingerprint density at radius 3 is 2.73 bits per heavy atom. The Kier molecular flexibility index (Phi) is 4.97. The van der Waals surface area contributed by atoms with E-state index in [4.69, 9.17) is 4.74 Å². The number of hydrogen-bond donors (Lipinski definition) is 1. The molecule has 6 heteroatoms. The smallest absolute Gasteiger partial charge is 0.193 e. The lowest BCUT2D eigenvalue weighted by Gasteiger charge is -2.34. The van der Waals surface area contributed by atoms with Crippen LogP contribution in [0.4, 0.5) is 0 Å². The molecule has 0 radical (unpaired) electrons. The van der Waals surface area contributed by atoms with E-state index in [1.54, 1.807) is 0 Å². The summed E-state index contributed by atoms with van der Waals surface area (Å²) in [5.41, 5.74) is 1.16. The zero-order valence-corrected chi connectivity index (χ0v) is 13.7. The average Bonchev–Trinajstić information content (AvgIpc) is 3.29. The molecule has 2 fully saturated rings. The molecule has 2 aliphatic rings. The first-order valence-corrected chi connectivity index (χ1v) is 8.30. The van der Waals surface area contributed by atoms with Crippen molar-refractivity contribution in [3.8, 4) is 0 Å². The van der Waals surface area contributed by atoms with Crippen molar-refractivity contribution >= 4 is 5.96 Å². The third-order valence-electron chi connectivity index (χ3n) is 4.57. The summed E-state index contributed by atoms with van der Waals surface area (Å²) in [6.07, 6.45) is 7.18. The molecule has 1 aliphatic carbocycles. The number of nitrogens with zero attached hydrogens (tertiary/aromatic N) is 4. The summed E-state index contributed by atoms with van der Waals surface area (Å²) in [6.45, 7) is 3.75. The van der Waals surface area contributed by atoms with Gasteiger partial charge in [-0.25, -0.2) is 0 Å². The highest BCUT2D eigenvalue weighted by atomic mass is 16.5. The number of hydrogen-bond acceptors (Lipinski definition) is 3. The Morgan fingerprint density at radius 1 is 1.36 bits per heavy atom. The van der Waals surface area contributed by atoms with E-state index in [2.05, 4.69) is 20.3 Å². The summed E-state index contributed by atoms with van der Waals surface area (Å²) in [6, 6.07) is 2.03. The van der Waals surface area contributed by atoms with Crippen molar-refractivity contribution in [3.05, 3.63) is 18.0 Å². The van der Waals surface area contributed by atoms with Crippen LogP contribution in [0, 0.1) is 5.92 Å². The van der Waals surface area contributed by atoms with Crippen LogP contribution in [-0.4, -0.2) is 53.5 Å². The van der Waals surface area contributed by atoms with Crippen LogP contribution in [0.15, 0.2) is 17.3 Å². The van der Waals surface area contributed by atoms with Gasteiger partial charge in [-0.05, 0) is 37.7 Å². The van der Waals surface area contributed by atoms with Gasteiger partial charge in [-0.1, -0.05) is 0 Å². The molecule has 1 N–H and O–H groups in total. The minimum absolute atomic E-state index is 0.437. The van der Waals surface area contributed by atoms with Crippen molar-refractivity contribution in [2.75, 3.05) is 26.7 Å². The van der Waals surface area contributed by atoms with E-state index in [1.807, 2.05) is 31.0 Å². The number of ether oxygens (including phenoxy) is 1. The molecule has 0 amide bonds. The van der Waals surface area contributed by atoms with Gasteiger partial charge in [-0.15, -0.1) is 0 Å². The first kappa shape index (κ1) is 15.3. The molecular formula is C16H27N5O. The van der Waals surface area contributed by atoms with Gasteiger partial charge < -0.3 is 15.0 Å². The maximum absolute atomic E-state index is 6.00. The molecule has 122 valence electrons. The number of piperidine rings is 1. The topological polar surface area (TPSA) is 54.7 Å². The van der Waals surface area contributed by atoms with Crippen LogP contribution in [0.25, 0.3) is 0 Å². The van der Waals surface area contributed by atoms with Gasteiger partial charge in [0.25, 0.3) is 0 Å². The summed E-state index contributed by atoms with van der Waals surface area (Å²) >= 11 is 0. The summed E-state index contributed by atoms with van der Waals surface area (Å²) in [4.78, 5) is 6.74. The number of nitrogens with one attached hydrogen (secondary N) is 1. The predicted octanol–water partition coefficient (Wildman–Crippen LogP) is 1.39. The van der Waals surface area contributed by atoms with Gasteiger partial charge in [0.15, 0.2) is 5.96 Å². The molecule has 0 spiro atoms. The van der Waals surface area contributed by atoms with E-state index in [0.717, 1.165) is 56.7 Å². The van der Waals surface area contributed by atoms with Crippen molar-refractivity contribution in [1.82, 2.24) is 20.0 Å². The Bertz CT molecular complexity index is 500. The fraction of sp³-hybridized carbons (Fsp3) is 0.750. The zero-order valence-electron chi connectivity index (χ0n) is 13.7. The van der Waals surface area contributed by atoms with E-state index < -0.39 is 0 Å². The molecule has 22 heavy (non-hydrogen) atoms. The summed E-state index contributed by atoms with van der Waals surface area (Å²) < 4.78 is 7.89. The molecule has 1 aliphatic heterocycles. The lowest BCUT2D eigenvalue weighted by molar-refractivity contribution is 0.0131. The number of aliphatic imine (C=N–C) groups is 1. The average molecular weight is 305 g/mol. The summed E-state index contributed by atoms with van der Waals surface area (Å²) in [5, 5.41) is 7.62. The molecule has 0 unspecified atom stereocenters. The van der Waals surface area contributed by atoms with Crippen molar-refractivity contribution in [2.24, 2.45) is 18.0 Å². The highest BCUT2D eigenvalue weighted by molar-refractivity contribution is 5.79. The maximum Gasteiger partial charge on any atom is 0.193 e. The van der Waals surface area contributed by atoms with Crippen LogP contribution in [0.1, 0.15) is 31.4 Å². The van der Waals surface area contributed by atoms with Gasteiger partial charge in [0.05, 0.1) is 18.3 Å². The maximum atomic E-state index is 6.00. The molecule has 1 aromatic rings. The van der Waals surface area contributed by atoms with Crippen LogP contribution in [-0.2, 0) is 18.3 Å². The number of aryl methyl sites for hydroxylation is 1. The van der Waals surface area contributed by atoms with E-state index in [-0.39, 0.29) is 0 Å². The molecule has 0 aromatic carbocycles. The molecule has 1 aromatic heterocycles. The van der Waals surface area contributed by atoms with E-state index in [0.29, 0.717) is 6.10 Å². The number of rotatable bonds is 5. The van der Waals surface area contributed by atoms with Gasteiger partial charge in [0, 0.05) is 40.0 Å². The van der Waals surface area contributed by atoms with E-state index in [9.17, 15) is 0 Å². The number of guanidine groups is 1. The molecule has 0 atom stereocenters. The molecule has 3 rings (SSSR count). The zero-order chi connectivity index (χ0) is 15.4. The second-order valence-corrected chi connectivity index (χ2v) is 6.31. The third kappa shape index (κ3) is 4.00. The Labute approximate surface area is 132 Å². The third-order valence-corrected chi connectivity index (χ3v) is 4.57. The molecule has 6 nitrogen and oxygen atoms in total. The Balaban J connectivity index is 1.43. The van der Waals surface area contributed by atoms with Gasteiger partial charge >= 0.3 is 0 Å². The highest BCUT2D eigenvalue weighted by Gasteiger charge is 2.26. The SMILES string of the molecule is CN=C(NCc1ccnn1C)N1CCC(OCC2CC2)CC1. The van der Waals surface area contributed by atoms with Crippen molar-refractivity contribution < 1.29 is 4.74 Å². The van der Waals surface area contributed by atoms with Gasteiger partial charge in [-0.2, -0.15) is 5.10 Å². The highest BCUT2D eigenvalue weighted by Crippen LogP contribution is 2.30. The molecule has 2 heterocycles. The largest absolute Gasteiger partial charge is 0.378 e. The first-order valence-electron chi connectivity index (χ1n) is 8.30. The monoisotopic (exact) mass is 305 g/mol. The lowest BCUT2D eigenvalue weighted by atomic mass is 10.1. The second kappa shape index (κ2) is 7.13. The van der Waals surface area contributed by atoms with Crippen molar-refractivity contribution in [3.63, 3.8) is 0 Å². The van der Waals surface area contributed by atoms with Crippen molar-refractivity contribution in [2.45, 2.75) is 38.3 Å². The van der Waals surface area contributed by atoms with Gasteiger partial charge in [0.2, 0.25) is 0 Å². The van der Waals surface area contributed by atoms with Gasteiger partial charge in [0.1, 0.15) is 0 Å². The van der Waals surface area contributed by atoms with Crippen LogP contribution < -0.4 is 5.32 Å². The van der Waals surface area contributed by atoms with Crippen molar-refractivity contribution in [1.29, 1.82) is 0 Å². The molecule has 1 saturated carbocycles. The Hall–Kier alpha value is -1.56. The van der Waals surface area contributed by atoms with Crippen LogP contribution in [0.2, 0.25) is 0 Å². The molecular weight excluding hydrogens is 278 g/mol. The van der Waals surface area contributed by atoms with Crippen LogP contribution in [0.5, 0.6) is 0 Å². The second-order valence-electron chi connectivity index (χ2n) is 6.31. The predicted molar refractivity (Wildman–Crippen MR) is 86.7 cm³/mol. The quantitative estimate of drug-likeness (QED) is 0.660. The van der Waals surface area contributed by atoms with Crippen LogP contribution in [0.3, 0.4) is 0 Å². The standard InChI is InChI=1S/C16H27N5O/c1-17-16(18-11-14-5-8-19-20(14)2)21-9-6-15(7-10-21)22-12-13-3-4-13/h5,8,13,15H,3-4,6-7,9-12H2,1-2H3,(H,17,18). The molecule has 1 saturated heterocycles. The molecule has 0 bridgehead atoms. The minimum atomic E-state index is 0.437. The summed E-state index contributed by atoms with van der Waals surface area (Å²) in [5.74, 6) is 1.83. The first-order chi connectivity index (χ1) is 10.8. The van der Waals surface area contributed by atoms with Gasteiger partial charge in [-0.3, -0.25) is 9.67 Å². The fourth-order valence-electron chi connectivity index (χ4n) is 2.87. The number of aromatic nitrogens is 2. The van der Waals surface area contributed by atoms with E-state index >= 15 is 0 Å².